The van der Waals surface area contributed by atoms with E-state index in [2.05, 4.69) is 5.16 Å². The fraction of sp³-hybridized carbons (Fsp3) is 0.500. The quantitative estimate of drug-likeness (QED) is 0.707. The van der Waals surface area contributed by atoms with Crippen molar-refractivity contribution in [3.8, 4) is 0 Å². The molecule has 1 aromatic heterocycles. The lowest BCUT2D eigenvalue weighted by Gasteiger charge is -1.90. The monoisotopic (exact) mass is 167 g/mol. The molecule has 1 aliphatic carbocycles. The van der Waals surface area contributed by atoms with Gasteiger partial charge in [-0.25, -0.2) is 0 Å². The van der Waals surface area contributed by atoms with Crippen LogP contribution in [-0.2, 0) is 24.1 Å². The van der Waals surface area contributed by atoms with E-state index in [1.165, 1.54) is 0 Å². The number of carboxylic acid groups (broad SMARTS) is 1. The van der Waals surface area contributed by atoms with Gasteiger partial charge in [0.25, 0.3) is 0 Å². The molecule has 1 aromatic rings. The van der Waals surface area contributed by atoms with E-state index in [0.717, 1.165) is 30.6 Å². The molecule has 1 aliphatic rings. The summed E-state index contributed by atoms with van der Waals surface area (Å²) in [5.41, 5.74) is 1.63. The van der Waals surface area contributed by atoms with Gasteiger partial charge in [-0.15, -0.1) is 0 Å². The summed E-state index contributed by atoms with van der Waals surface area (Å²) < 4.78 is 4.99. The zero-order valence-corrected chi connectivity index (χ0v) is 6.54. The minimum Gasteiger partial charge on any atom is -0.481 e. The molecule has 64 valence electrons. The van der Waals surface area contributed by atoms with Crippen LogP contribution in [-0.4, -0.2) is 16.2 Å². The summed E-state index contributed by atoms with van der Waals surface area (Å²) >= 11 is 0. The smallest absolute Gasteiger partial charge is 0.309 e. The van der Waals surface area contributed by atoms with Crippen molar-refractivity contribution in [3.05, 3.63) is 17.0 Å². The van der Waals surface area contributed by atoms with E-state index in [9.17, 15) is 4.79 Å². The highest BCUT2D eigenvalue weighted by Crippen LogP contribution is 2.24. The van der Waals surface area contributed by atoms with Gasteiger partial charge in [-0.2, -0.15) is 0 Å². The first-order chi connectivity index (χ1) is 5.77. The van der Waals surface area contributed by atoms with Gasteiger partial charge in [-0.1, -0.05) is 5.16 Å². The lowest BCUT2D eigenvalue weighted by atomic mass is 10.1. The van der Waals surface area contributed by atoms with Gasteiger partial charge in [0.05, 0.1) is 12.1 Å². The summed E-state index contributed by atoms with van der Waals surface area (Å²) in [5.74, 6) is 0.0317. The first kappa shape index (κ1) is 7.34. The van der Waals surface area contributed by atoms with Crippen molar-refractivity contribution in [1.82, 2.24) is 5.16 Å². The van der Waals surface area contributed by atoms with Crippen LogP contribution in [0.15, 0.2) is 4.52 Å². The van der Waals surface area contributed by atoms with Crippen LogP contribution in [0.3, 0.4) is 0 Å². The first-order valence-electron chi connectivity index (χ1n) is 3.95. The van der Waals surface area contributed by atoms with Gasteiger partial charge in [0.15, 0.2) is 0 Å². The molecule has 4 heteroatoms. The number of nitrogens with zero attached hydrogens (tertiary/aromatic N) is 1. The standard InChI is InChI=1S/C8H9NO3/c10-8(11)4-6-5-2-1-3-7(5)12-9-6/h1-4H2,(H,10,11). The number of carbonyl (C=O) groups is 1. The zero-order valence-electron chi connectivity index (χ0n) is 6.54. The second-order valence-electron chi connectivity index (χ2n) is 2.96. The Hall–Kier alpha value is -1.32. The maximum Gasteiger partial charge on any atom is 0.309 e. The largest absolute Gasteiger partial charge is 0.481 e. The third-order valence-electron chi connectivity index (χ3n) is 2.10. The van der Waals surface area contributed by atoms with Crippen LogP contribution in [0, 0.1) is 0 Å². The van der Waals surface area contributed by atoms with Crippen LogP contribution in [0.5, 0.6) is 0 Å². The van der Waals surface area contributed by atoms with E-state index in [1.807, 2.05) is 0 Å². The van der Waals surface area contributed by atoms with Gasteiger partial charge in [0.1, 0.15) is 5.76 Å². The van der Waals surface area contributed by atoms with E-state index in [4.69, 9.17) is 9.63 Å². The molecule has 0 atom stereocenters. The van der Waals surface area contributed by atoms with E-state index in [0.29, 0.717) is 5.69 Å². The second-order valence-corrected chi connectivity index (χ2v) is 2.96. The molecule has 0 bridgehead atoms. The Labute approximate surface area is 69.2 Å². The van der Waals surface area contributed by atoms with Crippen LogP contribution in [0.25, 0.3) is 0 Å². The Bertz CT molecular complexity index is 316. The Morgan fingerprint density at radius 1 is 1.58 bits per heavy atom. The summed E-state index contributed by atoms with van der Waals surface area (Å²) in [4.78, 5) is 10.4. The molecule has 0 spiro atoms. The van der Waals surface area contributed by atoms with E-state index in [1.54, 1.807) is 0 Å². The number of hydrogen-bond acceptors (Lipinski definition) is 3. The number of carboxylic acids is 1. The molecule has 4 nitrogen and oxygen atoms in total. The number of aliphatic carboxylic acids is 1. The van der Waals surface area contributed by atoms with Crippen LogP contribution < -0.4 is 0 Å². The molecule has 0 aliphatic heterocycles. The second kappa shape index (κ2) is 2.62. The first-order valence-corrected chi connectivity index (χ1v) is 3.95. The minimum absolute atomic E-state index is 0.0150. The fourth-order valence-corrected chi connectivity index (χ4v) is 1.57. The molecule has 0 amide bonds. The molecule has 1 N–H and O–H groups in total. The van der Waals surface area contributed by atoms with Crippen molar-refractivity contribution in [2.75, 3.05) is 0 Å². The van der Waals surface area contributed by atoms with Crippen LogP contribution >= 0.6 is 0 Å². The number of rotatable bonds is 2. The highest BCUT2D eigenvalue weighted by Gasteiger charge is 2.21. The topological polar surface area (TPSA) is 63.3 Å². The molecule has 12 heavy (non-hydrogen) atoms. The summed E-state index contributed by atoms with van der Waals surface area (Å²) in [7, 11) is 0. The molecule has 2 rings (SSSR count). The number of hydrogen-bond donors (Lipinski definition) is 1. The molecule has 0 radical (unpaired) electrons. The SMILES string of the molecule is O=C(O)Cc1noc2c1CCC2. The maximum atomic E-state index is 10.4. The van der Waals surface area contributed by atoms with Crippen molar-refractivity contribution in [3.63, 3.8) is 0 Å². The van der Waals surface area contributed by atoms with Crippen molar-refractivity contribution in [2.24, 2.45) is 0 Å². The van der Waals surface area contributed by atoms with Gasteiger partial charge < -0.3 is 9.63 Å². The van der Waals surface area contributed by atoms with Crippen LogP contribution in [0.4, 0.5) is 0 Å². The predicted molar refractivity (Wildman–Crippen MR) is 39.9 cm³/mol. The zero-order chi connectivity index (χ0) is 8.55. The number of aromatic nitrogens is 1. The van der Waals surface area contributed by atoms with Gasteiger partial charge in [0.2, 0.25) is 0 Å². The molecular weight excluding hydrogens is 158 g/mol. The Morgan fingerprint density at radius 3 is 3.17 bits per heavy atom. The molecule has 0 fully saturated rings. The highest BCUT2D eigenvalue weighted by atomic mass is 16.5. The molecule has 0 unspecified atom stereocenters. The number of aryl methyl sites for hydroxylation is 1. The van der Waals surface area contributed by atoms with Gasteiger partial charge in [-0.3, -0.25) is 4.79 Å². The van der Waals surface area contributed by atoms with E-state index in [-0.39, 0.29) is 6.42 Å². The van der Waals surface area contributed by atoms with Gasteiger partial charge >= 0.3 is 5.97 Å². The van der Waals surface area contributed by atoms with Crippen LogP contribution in [0.1, 0.15) is 23.4 Å². The lowest BCUT2D eigenvalue weighted by Crippen LogP contribution is -2.02. The Kier molecular flexibility index (Phi) is 1.60. The average molecular weight is 167 g/mol. The molecule has 0 aromatic carbocycles. The van der Waals surface area contributed by atoms with Crippen molar-refractivity contribution >= 4 is 5.97 Å². The normalized spacial score (nSPS) is 14.7. The predicted octanol–water partition coefficient (Wildman–Crippen LogP) is 0.790. The number of fused-ring (bicyclic) bond motifs is 1. The summed E-state index contributed by atoms with van der Waals surface area (Å²) in [6.07, 6.45) is 2.87. The highest BCUT2D eigenvalue weighted by molar-refractivity contribution is 5.70. The molecular formula is C8H9NO3. The summed E-state index contributed by atoms with van der Waals surface area (Å²) in [6, 6.07) is 0. The van der Waals surface area contributed by atoms with E-state index >= 15 is 0 Å². The third kappa shape index (κ3) is 1.09. The van der Waals surface area contributed by atoms with Crippen molar-refractivity contribution in [2.45, 2.75) is 25.7 Å². The van der Waals surface area contributed by atoms with Gasteiger partial charge in [0, 0.05) is 12.0 Å². The molecule has 0 saturated carbocycles. The van der Waals surface area contributed by atoms with Crippen molar-refractivity contribution < 1.29 is 14.4 Å². The minimum atomic E-state index is -0.849. The molecule has 0 saturated heterocycles. The maximum absolute atomic E-state index is 10.4. The summed E-state index contributed by atoms with van der Waals surface area (Å²) in [6.45, 7) is 0. The third-order valence-corrected chi connectivity index (χ3v) is 2.10. The van der Waals surface area contributed by atoms with Crippen molar-refractivity contribution in [1.29, 1.82) is 0 Å². The lowest BCUT2D eigenvalue weighted by molar-refractivity contribution is -0.136. The fourth-order valence-electron chi connectivity index (χ4n) is 1.57. The van der Waals surface area contributed by atoms with Gasteiger partial charge in [-0.05, 0) is 12.8 Å². The van der Waals surface area contributed by atoms with Crippen LogP contribution in [0.2, 0.25) is 0 Å². The Balaban J connectivity index is 2.27. The summed E-state index contributed by atoms with van der Waals surface area (Å²) in [5, 5.41) is 12.3. The Morgan fingerprint density at radius 2 is 2.42 bits per heavy atom. The average Bonchev–Trinajstić information content (AvgIpc) is 2.52. The molecule has 1 heterocycles. The van der Waals surface area contributed by atoms with E-state index < -0.39 is 5.97 Å².